The van der Waals surface area contributed by atoms with Gasteiger partial charge in [-0.3, -0.25) is 0 Å². The number of benzene rings is 1. The molecule has 0 aromatic heterocycles. The largest absolute Gasteiger partial charge is 0.489 e. The third-order valence-corrected chi connectivity index (χ3v) is 4.28. The molecule has 3 unspecified atom stereocenters. The van der Waals surface area contributed by atoms with Crippen LogP contribution in [0.5, 0.6) is 5.75 Å². The molecule has 94 valence electrons. The van der Waals surface area contributed by atoms with E-state index in [2.05, 4.69) is 13.8 Å². The van der Waals surface area contributed by atoms with Crippen LogP contribution in [-0.2, 0) is 0 Å². The van der Waals surface area contributed by atoms with Crippen molar-refractivity contribution in [3.63, 3.8) is 0 Å². The highest BCUT2D eigenvalue weighted by molar-refractivity contribution is 6.34. The first-order valence-corrected chi connectivity index (χ1v) is 6.93. The summed E-state index contributed by atoms with van der Waals surface area (Å²) in [5, 5.41) is 1.31. The quantitative estimate of drug-likeness (QED) is 0.719. The molecule has 1 aliphatic rings. The number of halogens is 2. The van der Waals surface area contributed by atoms with Gasteiger partial charge in [-0.1, -0.05) is 37.0 Å². The lowest BCUT2D eigenvalue weighted by Gasteiger charge is -2.32. The minimum absolute atomic E-state index is 0.275. The zero-order valence-electron chi connectivity index (χ0n) is 10.2. The van der Waals surface area contributed by atoms with Gasteiger partial charge >= 0.3 is 0 Å². The normalized spacial score (nSPS) is 29.1. The summed E-state index contributed by atoms with van der Waals surface area (Å²) in [5.41, 5.74) is 0. The lowest BCUT2D eigenvalue weighted by atomic mass is 9.80. The van der Waals surface area contributed by atoms with Gasteiger partial charge in [-0.15, -0.1) is 0 Å². The molecule has 0 spiro atoms. The number of hydrogen-bond donors (Lipinski definition) is 0. The highest BCUT2D eigenvalue weighted by atomic mass is 35.5. The Hall–Kier alpha value is -0.400. The van der Waals surface area contributed by atoms with Gasteiger partial charge in [-0.05, 0) is 43.2 Å². The van der Waals surface area contributed by atoms with E-state index in [1.807, 2.05) is 0 Å². The van der Waals surface area contributed by atoms with Gasteiger partial charge in [-0.25, -0.2) is 0 Å². The van der Waals surface area contributed by atoms with Gasteiger partial charge < -0.3 is 4.74 Å². The zero-order chi connectivity index (χ0) is 12.4. The standard InChI is InChI=1S/C14H18Cl2O/c1-9-3-5-12(7-10(9)2)17-14-8-11(15)4-6-13(14)16/h4,6,8-10,12H,3,5,7H2,1-2H3. The second-order valence-electron chi connectivity index (χ2n) is 5.08. The number of rotatable bonds is 2. The zero-order valence-corrected chi connectivity index (χ0v) is 11.8. The van der Waals surface area contributed by atoms with Crippen LogP contribution in [-0.4, -0.2) is 6.10 Å². The topological polar surface area (TPSA) is 9.23 Å². The molecule has 2 rings (SSSR count). The van der Waals surface area contributed by atoms with Crippen LogP contribution < -0.4 is 4.74 Å². The molecule has 1 aromatic carbocycles. The predicted molar refractivity (Wildman–Crippen MR) is 73.1 cm³/mol. The van der Waals surface area contributed by atoms with E-state index in [4.69, 9.17) is 27.9 Å². The third kappa shape index (κ3) is 3.29. The van der Waals surface area contributed by atoms with E-state index < -0.39 is 0 Å². The Morgan fingerprint density at radius 3 is 2.59 bits per heavy atom. The van der Waals surface area contributed by atoms with E-state index in [1.165, 1.54) is 6.42 Å². The van der Waals surface area contributed by atoms with Crippen molar-refractivity contribution in [1.29, 1.82) is 0 Å². The van der Waals surface area contributed by atoms with Crippen LogP contribution in [0.3, 0.4) is 0 Å². The number of ether oxygens (including phenoxy) is 1. The van der Waals surface area contributed by atoms with Crippen molar-refractivity contribution < 1.29 is 4.74 Å². The summed E-state index contributed by atoms with van der Waals surface area (Å²) >= 11 is 12.0. The lowest BCUT2D eigenvalue weighted by Crippen LogP contribution is -2.28. The molecule has 0 aliphatic heterocycles. The molecule has 1 aliphatic carbocycles. The maximum atomic E-state index is 6.10. The highest BCUT2D eigenvalue weighted by Gasteiger charge is 2.26. The average molecular weight is 273 g/mol. The van der Waals surface area contributed by atoms with E-state index in [-0.39, 0.29) is 6.10 Å². The van der Waals surface area contributed by atoms with E-state index in [9.17, 15) is 0 Å². The maximum absolute atomic E-state index is 6.10. The molecule has 3 heteroatoms. The van der Waals surface area contributed by atoms with Gasteiger partial charge in [0.15, 0.2) is 0 Å². The van der Waals surface area contributed by atoms with Gasteiger partial charge in [-0.2, -0.15) is 0 Å². The van der Waals surface area contributed by atoms with E-state index in [0.717, 1.165) is 18.8 Å². The van der Waals surface area contributed by atoms with Crippen molar-refractivity contribution in [2.24, 2.45) is 11.8 Å². The summed E-state index contributed by atoms with van der Waals surface area (Å²) in [4.78, 5) is 0. The Bertz CT molecular complexity index is 392. The van der Waals surface area contributed by atoms with E-state index in [0.29, 0.717) is 21.7 Å². The first-order valence-electron chi connectivity index (χ1n) is 6.18. The van der Waals surface area contributed by atoms with Crippen LogP contribution in [0.1, 0.15) is 33.1 Å². The fourth-order valence-corrected chi connectivity index (χ4v) is 2.68. The summed E-state index contributed by atoms with van der Waals surface area (Å²) in [5.74, 6) is 2.22. The summed E-state index contributed by atoms with van der Waals surface area (Å²) in [6.07, 6.45) is 3.71. The Balaban J connectivity index is 2.03. The molecule has 0 heterocycles. The first kappa shape index (κ1) is 13.0. The Kier molecular flexibility index (Phi) is 4.22. The molecule has 0 N–H and O–H groups in total. The van der Waals surface area contributed by atoms with Crippen molar-refractivity contribution in [2.45, 2.75) is 39.2 Å². The number of hydrogen-bond acceptors (Lipinski definition) is 1. The van der Waals surface area contributed by atoms with Gasteiger partial charge in [0, 0.05) is 11.1 Å². The van der Waals surface area contributed by atoms with Crippen LogP contribution in [0.15, 0.2) is 18.2 Å². The molecule has 0 bridgehead atoms. The Morgan fingerprint density at radius 2 is 1.88 bits per heavy atom. The molecular formula is C14H18Cl2O. The second-order valence-corrected chi connectivity index (χ2v) is 5.93. The summed E-state index contributed by atoms with van der Waals surface area (Å²) in [7, 11) is 0. The molecule has 0 radical (unpaired) electrons. The molecule has 1 saturated carbocycles. The summed E-state index contributed by atoms with van der Waals surface area (Å²) < 4.78 is 5.97. The van der Waals surface area contributed by atoms with Crippen LogP contribution in [0.2, 0.25) is 10.0 Å². The van der Waals surface area contributed by atoms with Crippen LogP contribution in [0, 0.1) is 11.8 Å². The van der Waals surface area contributed by atoms with Crippen molar-refractivity contribution >= 4 is 23.2 Å². The van der Waals surface area contributed by atoms with Gasteiger partial charge in [0.2, 0.25) is 0 Å². The molecule has 3 atom stereocenters. The van der Waals surface area contributed by atoms with Crippen LogP contribution in [0.25, 0.3) is 0 Å². The van der Waals surface area contributed by atoms with Gasteiger partial charge in [0.05, 0.1) is 11.1 Å². The molecule has 0 amide bonds. The monoisotopic (exact) mass is 272 g/mol. The SMILES string of the molecule is CC1CCC(Oc2cc(Cl)ccc2Cl)CC1C. The third-order valence-electron chi connectivity index (χ3n) is 3.74. The van der Waals surface area contributed by atoms with E-state index >= 15 is 0 Å². The molecule has 1 aromatic rings. The second kappa shape index (κ2) is 5.49. The van der Waals surface area contributed by atoms with Gasteiger partial charge in [0.1, 0.15) is 5.75 Å². The van der Waals surface area contributed by atoms with Crippen molar-refractivity contribution in [2.75, 3.05) is 0 Å². The van der Waals surface area contributed by atoms with Crippen molar-refractivity contribution in [3.05, 3.63) is 28.2 Å². The summed E-state index contributed by atoms with van der Waals surface area (Å²) in [6.45, 7) is 4.60. The Labute approximate surface area is 113 Å². The average Bonchev–Trinajstić information content (AvgIpc) is 2.29. The molecular weight excluding hydrogens is 255 g/mol. The van der Waals surface area contributed by atoms with Crippen LogP contribution >= 0.6 is 23.2 Å². The molecule has 0 saturated heterocycles. The molecule has 17 heavy (non-hydrogen) atoms. The lowest BCUT2D eigenvalue weighted by molar-refractivity contribution is 0.101. The summed E-state index contributed by atoms with van der Waals surface area (Å²) in [6, 6.07) is 5.36. The highest BCUT2D eigenvalue weighted by Crippen LogP contribution is 2.34. The minimum Gasteiger partial charge on any atom is -0.489 e. The fraction of sp³-hybridized carbons (Fsp3) is 0.571. The maximum Gasteiger partial charge on any atom is 0.139 e. The van der Waals surface area contributed by atoms with Crippen molar-refractivity contribution in [1.82, 2.24) is 0 Å². The Morgan fingerprint density at radius 1 is 1.12 bits per heavy atom. The van der Waals surface area contributed by atoms with Crippen LogP contribution in [0.4, 0.5) is 0 Å². The minimum atomic E-state index is 0.275. The first-order chi connectivity index (χ1) is 8.06. The smallest absolute Gasteiger partial charge is 0.139 e. The molecule has 1 nitrogen and oxygen atoms in total. The van der Waals surface area contributed by atoms with Crippen molar-refractivity contribution in [3.8, 4) is 5.75 Å². The van der Waals surface area contributed by atoms with E-state index in [1.54, 1.807) is 18.2 Å². The molecule has 1 fully saturated rings. The van der Waals surface area contributed by atoms with Gasteiger partial charge in [0.25, 0.3) is 0 Å². The predicted octanol–water partition coefficient (Wildman–Crippen LogP) is 5.20. The fourth-order valence-electron chi connectivity index (χ4n) is 2.35.